The van der Waals surface area contributed by atoms with Gasteiger partial charge in [-0.1, -0.05) is 179 Å². The first-order valence-corrected chi connectivity index (χ1v) is 22.1. The fourth-order valence-electron chi connectivity index (χ4n) is 8.60. The van der Waals surface area contributed by atoms with Crippen LogP contribution in [0.4, 0.5) is 0 Å². The topological polar surface area (TPSA) is 50.9 Å². The predicted molar refractivity (Wildman–Crippen MR) is 266 cm³/mol. The van der Waals surface area contributed by atoms with Crippen LogP contribution in [0.2, 0.25) is 0 Å². The van der Waals surface area contributed by atoms with Gasteiger partial charge in [-0.15, -0.1) is 29.3 Å². The molecule has 0 fully saturated rings. The van der Waals surface area contributed by atoms with Crippen LogP contribution < -0.4 is 0 Å². The second-order valence-corrected chi connectivity index (χ2v) is 19.6. The number of nitrogens with zero attached hydrogens (tertiary/aromatic N) is 3. The van der Waals surface area contributed by atoms with Crippen LogP contribution in [0.1, 0.15) is 133 Å². The van der Waals surface area contributed by atoms with Gasteiger partial charge >= 0.3 is 0 Å². The van der Waals surface area contributed by atoms with E-state index in [4.69, 9.17) is 12.7 Å². The van der Waals surface area contributed by atoms with Gasteiger partial charge in [0, 0.05) is 42.8 Å². The third-order valence-electron chi connectivity index (χ3n) is 12.1. The van der Waals surface area contributed by atoms with Gasteiger partial charge in [-0.25, -0.2) is 4.98 Å². The largest absolute Gasteiger partial charge is 0.507 e. The van der Waals surface area contributed by atoms with E-state index in [0.717, 1.165) is 67.0 Å². The summed E-state index contributed by atoms with van der Waals surface area (Å²) in [5.41, 5.74) is 14.2. The SMILES string of the molecule is [2H]C(C)(C)c1cc(-c2nc3c(-c4[c-]c(-c5cc(-c6ccccc6)ccn5)cc(C(C)(C)C)c4)cccc3n2-c2ccc(-c3ccccc3C(C)(C)C)c(C([2H])(C)C)c2)c(O)c(C([2H])(C)C)c1.[Pt]. The Morgan fingerprint density at radius 1 is 0.594 bits per heavy atom. The second-order valence-electron chi connectivity index (χ2n) is 19.6. The Labute approximate surface area is 400 Å². The van der Waals surface area contributed by atoms with Gasteiger partial charge in [0.05, 0.1) is 16.6 Å². The number of aromatic hydroxyl groups is 1. The van der Waals surface area contributed by atoms with E-state index in [9.17, 15) is 6.48 Å². The molecule has 0 aliphatic rings. The molecule has 8 rings (SSSR count). The summed E-state index contributed by atoms with van der Waals surface area (Å²) in [6.45, 7) is 24.3. The fraction of sp³-hybridized carbons (Fsp3) is 0.288. The van der Waals surface area contributed by atoms with Crippen LogP contribution in [-0.2, 0) is 31.9 Å². The molecule has 0 radical (unpaired) electrons. The maximum Gasteiger partial charge on any atom is 0.148 e. The number of pyridine rings is 1. The van der Waals surface area contributed by atoms with Crippen LogP contribution in [0.15, 0.2) is 134 Å². The molecule has 0 aliphatic carbocycles. The fourth-order valence-corrected chi connectivity index (χ4v) is 8.60. The van der Waals surface area contributed by atoms with Crippen molar-refractivity contribution in [3.05, 3.63) is 167 Å². The molecule has 0 unspecified atom stereocenters. The predicted octanol–water partition coefficient (Wildman–Crippen LogP) is 16.2. The molecule has 4 nitrogen and oxygen atoms in total. The summed E-state index contributed by atoms with van der Waals surface area (Å²) < 4.78 is 30.0. The van der Waals surface area contributed by atoms with Gasteiger partial charge in [0.1, 0.15) is 11.6 Å². The number of hydrogen-bond acceptors (Lipinski definition) is 3. The number of imidazole rings is 1. The zero-order valence-electron chi connectivity index (χ0n) is 42.3. The number of hydrogen-bond donors (Lipinski definition) is 1. The molecular weight excluding hydrogens is 962 g/mol. The average molecular weight is 1030 g/mol. The van der Waals surface area contributed by atoms with Crippen LogP contribution in [0, 0.1) is 6.07 Å². The van der Waals surface area contributed by atoms with E-state index >= 15 is 0 Å². The third-order valence-corrected chi connectivity index (χ3v) is 12.1. The van der Waals surface area contributed by atoms with Crippen LogP contribution in [-0.4, -0.2) is 19.6 Å². The zero-order chi connectivity index (χ0) is 47.7. The minimum Gasteiger partial charge on any atom is -0.507 e. The van der Waals surface area contributed by atoms with Gasteiger partial charge in [-0.05, 0) is 103 Å². The molecule has 64 heavy (non-hydrogen) atoms. The molecule has 330 valence electrons. The zero-order valence-corrected chi connectivity index (χ0v) is 41.6. The molecule has 0 amide bonds. The molecular formula is C59H62N3OPt-. The number of phenols is 1. The Hall–Kier alpha value is -5.57. The first-order valence-electron chi connectivity index (χ1n) is 23.6. The Bertz CT molecular complexity index is 3120. The maximum atomic E-state index is 12.3. The van der Waals surface area contributed by atoms with Crippen molar-refractivity contribution in [1.82, 2.24) is 14.5 Å². The molecule has 6 aromatic carbocycles. The van der Waals surface area contributed by atoms with E-state index in [1.54, 1.807) is 19.9 Å². The Morgan fingerprint density at radius 3 is 1.94 bits per heavy atom. The first-order chi connectivity index (χ1) is 30.8. The molecule has 0 saturated heterocycles. The van der Waals surface area contributed by atoms with E-state index in [0.29, 0.717) is 28.0 Å². The molecule has 0 aliphatic heterocycles. The van der Waals surface area contributed by atoms with Crippen molar-refractivity contribution in [1.29, 1.82) is 0 Å². The molecule has 0 bridgehead atoms. The Kier molecular flexibility index (Phi) is 12.0. The minimum absolute atomic E-state index is 0. The van der Waals surface area contributed by atoms with E-state index < -0.39 is 17.7 Å². The Morgan fingerprint density at radius 2 is 1.27 bits per heavy atom. The van der Waals surface area contributed by atoms with Gasteiger partial charge in [0.25, 0.3) is 0 Å². The monoisotopic (exact) mass is 1030 g/mol. The smallest absolute Gasteiger partial charge is 0.148 e. The van der Waals surface area contributed by atoms with E-state index in [2.05, 4.69) is 131 Å². The van der Waals surface area contributed by atoms with Crippen molar-refractivity contribution in [3.63, 3.8) is 0 Å². The molecule has 0 atom stereocenters. The third kappa shape index (κ3) is 9.05. The number of aromatic nitrogens is 3. The molecule has 8 aromatic rings. The summed E-state index contributed by atoms with van der Waals surface area (Å²) in [4.78, 5) is 10.4. The van der Waals surface area contributed by atoms with Crippen molar-refractivity contribution in [2.24, 2.45) is 0 Å². The van der Waals surface area contributed by atoms with Crippen molar-refractivity contribution in [3.8, 4) is 67.5 Å². The number of fused-ring (bicyclic) bond motifs is 1. The summed E-state index contributed by atoms with van der Waals surface area (Å²) in [5, 5.41) is 12.3. The summed E-state index contributed by atoms with van der Waals surface area (Å²) in [5.74, 6) is -2.81. The molecule has 0 saturated carbocycles. The van der Waals surface area contributed by atoms with Crippen molar-refractivity contribution < 1.29 is 30.3 Å². The van der Waals surface area contributed by atoms with E-state index in [1.165, 1.54) is 5.56 Å². The number of phenolic OH excluding ortho intramolecular Hbond substituents is 1. The van der Waals surface area contributed by atoms with E-state index in [1.807, 2.05) is 76.4 Å². The number of benzene rings is 6. The summed E-state index contributed by atoms with van der Waals surface area (Å²) in [7, 11) is 0. The van der Waals surface area contributed by atoms with Gasteiger partial charge in [0.2, 0.25) is 0 Å². The quantitative estimate of drug-likeness (QED) is 0.147. The summed E-state index contributed by atoms with van der Waals surface area (Å²) in [6, 6.07) is 47.2. The van der Waals surface area contributed by atoms with Gasteiger partial charge in [-0.3, -0.25) is 9.55 Å². The molecule has 1 N–H and O–H groups in total. The first kappa shape index (κ1) is 42.4. The normalized spacial score (nSPS) is 13.3. The summed E-state index contributed by atoms with van der Waals surface area (Å²) in [6.07, 6.45) is 1.86. The molecule has 0 spiro atoms. The van der Waals surface area contributed by atoms with Crippen LogP contribution in [0.3, 0.4) is 0 Å². The second kappa shape index (κ2) is 18.1. The summed E-state index contributed by atoms with van der Waals surface area (Å²) >= 11 is 0. The molecule has 2 heterocycles. The van der Waals surface area contributed by atoms with Crippen LogP contribution in [0.5, 0.6) is 5.75 Å². The van der Waals surface area contributed by atoms with Crippen molar-refractivity contribution in [2.45, 2.75) is 112 Å². The van der Waals surface area contributed by atoms with E-state index in [-0.39, 0.29) is 37.6 Å². The molecule has 5 heteroatoms. The standard InChI is InChI=1S/C59H62N3O.Pt/c1-36(2)41-32-50(38(5)6)56(63)51(33-41)57-61-55-46(42-29-43(31-44(30-42)58(7,8)9)53-34-40(27-28-60-53)39-19-14-13-15-20-39)22-18-24-54(55)62(57)45-25-26-47(49(35-45)37(3)4)48-21-16-17-23-52(48)59(10,11)12;/h13-28,30-38,63H,1-12H3;/q-1;/i36D,37D,38D;. The maximum absolute atomic E-state index is 12.3. The molecule has 2 aromatic heterocycles. The average Bonchev–Trinajstić information content (AvgIpc) is 3.64. The van der Waals surface area contributed by atoms with Crippen molar-refractivity contribution >= 4 is 11.0 Å². The minimum atomic E-state index is -1.18. The van der Waals surface area contributed by atoms with Crippen LogP contribution >= 0.6 is 0 Å². The van der Waals surface area contributed by atoms with Gasteiger partial charge in [0.15, 0.2) is 0 Å². The van der Waals surface area contributed by atoms with Crippen molar-refractivity contribution in [2.75, 3.05) is 0 Å². The van der Waals surface area contributed by atoms with Gasteiger partial charge < -0.3 is 5.11 Å². The van der Waals surface area contributed by atoms with Crippen LogP contribution in [0.25, 0.3) is 72.7 Å². The number of para-hydroxylation sites is 1. The van der Waals surface area contributed by atoms with Gasteiger partial charge in [-0.2, -0.15) is 0 Å². The Balaban J connectivity index is 0.00000666. The number of rotatable bonds is 9.